The quantitative estimate of drug-likeness (QED) is 0.589. The maximum absolute atomic E-state index is 12.7. The molecule has 0 fully saturated rings. The van der Waals surface area contributed by atoms with E-state index in [9.17, 15) is 4.79 Å². The normalized spacial score (nSPS) is 11.6. The molecule has 1 atom stereocenters. The predicted octanol–water partition coefficient (Wildman–Crippen LogP) is 5.48. The third-order valence-corrected chi connectivity index (χ3v) is 5.09. The molecule has 0 bridgehead atoms. The molecule has 1 N–H and O–H groups in total. The van der Waals surface area contributed by atoms with Crippen molar-refractivity contribution in [2.45, 2.75) is 17.1 Å². The van der Waals surface area contributed by atoms with Crippen LogP contribution < -0.4 is 10.1 Å². The molecule has 0 aromatic heterocycles. The maximum atomic E-state index is 12.7. The van der Waals surface area contributed by atoms with Crippen LogP contribution in [0.1, 0.15) is 6.92 Å². The molecule has 3 aromatic carbocycles. The van der Waals surface area contributed by atoms with Crippen molar-refractivity contribution in [2.75, 3.05) is 12.4 Å². The van der Waals surface area contributed by atoms with E-state index >= 15 is 0 Å². The topological polar surface area (TPSA) is 38.3 Å². The third-order valence-electron chi connectivity index (χ3n) is 3.99. The Morgan fingerprint density at radius 2 is 1.69 bits per heavy atom. The van der Waals surface area contributed by atoms with Crippen molar-refractivity contribution in [3.8, 4) is 16.9 Å². The van der Waals surface area contributed by atoms with Crippen LogP contribution >= 0.6 is 11.8 Å². The van der Waals surface area contributed by atoms with E-state index in [-0.39, 0.29) is 11.2 Å². The highest BCUT2D eigenvalue weighted by Crippen LogP contribution is 2.30. The molecule has 0 saturated heterocycles. The monoisotopic (exact) mass is 363 g/mol. The average molecular weight is 363 g/mol. The van der Waals surface area contributed by atoms with Gasteiger partial charge in [-0.15, -0.1) is 11.8 Å². The second-order valence-electron chi connectivity index (χ2n) is 5.84. The Kier molecular flexibility index (Phi) is 5.97. The van der Waals surface area contributed by atoms with E-state index in [0.717, 1.165) is 27.5 Å². The predicted molar refractivity (Wildman–Crippen MR) is 109 cm³/mol. The molecule has 0 radical (unpaired) electrons. The standard InChI is InChI=1S/C22H21NO2S/c1-16(26-19-12-8-11-18(15-19)25-2)22(24)23-21-14-7-6-13-20(21)17-9-4-3-5-10-17/h3-16H,1-2H3,(H,23,24). The van der Waals surface area contributed by atoms with Gasteiger partial charge in [-0.3, -0.25) is 4.79 Å². The van der Waals surface area contributed by atoms with Crippen molar-refractivity contribution in [3.05, 3.63) is 78.9 Å². The van der Waals surface area contributed by atoms with Crippen LogP contribution in [0, 0.1) is 0 Å². The van der Waals surface area contributed by atoms with Crippen molar-refractivity contribution in [1.29, 1.82) is 0 Å². The third kappa shape index (κ3) is 4.46. The van der Waals surface area contributed by atoms with Gasteiger partial charge >= 0.3 is 0 Å². The second kappa shape index (κ2) is 8.59. The molecule has 4 heteroatoms. The van der Waals surface area contributed by atoms with E-state index in [1.54, 1.807) is 7.11 Å². The van der Waals surface area contributed by atoms with Crippen LogP contribution in [0.3, 0.4) is 0 Å². The molecule has 0 aliphatic carbocycles. The summed E-state index contributed by atoms with van der Waals surface area (Å²) in [4.78, 5) is 13.7. The number of amides is 1. The van der Waals surface area contributed by atoms with Gasteiger partial charge < -0.3 is 10.1 Å². The molecule has 26 heavy (non-hydrogen) atoms. The molecule has 0 spiro atoms. The molecule has 0 saturated carbocycles. The SMILES string of the molecule is COc1cccc(SC(C)C(=O)Nc2ccccc2-c2ccccc2)c1. The fraction of sp³-hybridized carbons (Fsp3) is 0.136. The van der Waals surface area contributed by atoms with Gasteiger partial charge in [0.15, 0.2) is 0 Å². The van der Waals surface area contributed by atoms with Crippen molar-refractivity contribution >= 4 is 23.4 Å². The molecule has 1 unspecified atom stereocenters. The number of benzene rings is 3. The number of ether oxygens (including phenoxy) is 1. The largest absolute Gasteiger partial charge is 0.497 e. The Bertz CT molecular complexity index is 880. The van der Waals surface area contributed by atoms with E-state index < -0.39 is 0 Å². The molecular weight excluding hydrogens is 342 g/mol. The van der Waals surface area contributed by atoms with Gasteiger partial charge in [0.05, 0.1) is 12.4 Å². The molecule has 3 nitrogen and oxygen atoms in total. The summed E-state index contributed by atoms with van der Waals surface area (Å²) in [7, 11) is 1.64. The molecule has 0 aliphatic rings. The molecule has 132 valence electrons. The second-order valence-corrected chi connectivity index (χ2v) is 7.25. The van der Waals surface area contributed by atoms with Crippen LogP contribution in [0.4, 0.5) is 5.69 Å². The number of hydrogen-bond acceptors (Lipinski definition) is 3. The van der Waals surface area contributed by atoms with Crippen LogP contribution in [0.25, 0.3) is 11.1 Å². The smallest absolute Gasteiger partial charge is 0.237 e. The first-order valence-corrected chi connectivity index (χ1v) is 9.31. The number of hydrogen-bond donors (Lipinski definition) is 1. The fourth-order valence-corrected chi connectivity index (χ4v) is 3.54. The first kappa shape index (κ1) is 18.1. The molecule has 0 aliphatic heterocycles. The van der Waals surface area contributed by atoms with Gasteiger partial charge in [0, 0.05) is 16.1 Å². The summed E-state index contributed by atoms with van der Waals surface area (Å²) in [6, 6.07) is 25.7. The van der Waals surface area contributed by atoms with Gasteiger partial charge in [0.25, 0.3) is 0 Å². The first-order valence-electron chi connectivity index (χ1n) is 8.43. The zero-order valence-electron chi connectivity index (χ0n) is 14.8. The summed E-state index contributed by atoms with van der Waals surface area (Å²) in [6.45, 7) is 1.91. The van der Waals surface area contributed by atoms with Crippen molar-refractivity contribution in [3.63, 3.8) is 0 Å². The van der Waals surface area contributed by atoms with Gasteiger partial charge in [-0.25, -0.2) is 0 Å². The van der Waals surface area contributed by atoms with Gasteiger partial charge in [-0.1, -0.05) is 54.6 Å². The summed E-state index contributed by atoms with van der Waals surface area (Å²) < 4.78 is 5.24. The number of methoxy groups -OCH3 is 1. The Balaban J connectivity index is 1.74. The number of para-hydroxylation sites is 1. The lowest BCUT2D eigenvalue weighted by Crippen LogP contribution is -2.22. The van der Waals surface area contributed by atoms with E-state index in [4.69, 9.17) is 4.74 Å². The van der Waals surface area contributed by atoms with Crippen LogP contribution in [0.15, 0.2) is 83.8 Å². The number of nitrogens with one attached hydrogen (secondary N) is 1. The van der Waals surface area contributed by atoms with Crippen molar-refractivity contribution in [1.82, 2.24) is 0 Å². The summed E-state index contributed by atoms with van der Waals surface area (Å²) in [6.07, 6.45) is 0. The van der Waals surface area contributed by atoms with Crippen molar-refractivity contribution < 1.29 is 9.53 Å². The van der Waals surface area contributed by atoms with Crippen LogP contribution in [-0.4, -0.2) is 18.3 Å². The fourth-order valence-electron chi connectivity index (χ4n) is 2.63. The van der Waals surface area contributed by atoms with Crippen molar-refractivity contribution in [2.24, 2.45) is 0 Å². The Morgan fingerprint density at radius 3 is 2.46 bits per heavy atom. The zero-order chi connectivity index (χ0) is 18.4. The number of rotatable bonds is 6. The zero-order valence-corrected chi connectivity index (χ0v) is 15.6. The highest BCUT2D eigenvalue weighted by molar-refractivity contribution is 8.00. The highest BCUT2D eigenvalue weighted by atomic mass is 32.2. The minimum Gasteiger partial charge on any atom is -0.497 e. The Labute approximate surface area is 158 Å². The maximum Gasteiger partial charge on any atom is 0.237 e. The van der Waals surface area contributed by atoms with E-state index in [0.29, 0.717) is 0 Å². The summed E-state index contributed by atoms with van der Waals surface area (Å²) >= 11 is 1.51. The van der Waals surface area contributed by atoms with E-state index in [1.807, 2.05) is 85.8 Å². The number of carbonyl (C=O) groups is 1. The number of anilines is 1. The first-order chi connectivity index (χ1) is 12.7. The number of thioether (sulfide) groups is 1. The Morgan fingerprint density at radius 1 is 0.962 bits per heavy atom. The van der Waals surface area contributed by atoms with Gasteiger partial charge in [0.2, 0.25) is 5.91 Å². The lowest BCUT2D eigenvalue weighted by molar-refractivity contribution is -0.115. The summed E-state index contributed by atoms with van der Waals surface area (Å²) in [5.74, 6) is 0.762. The minimum atomic E-state index is -0.231. The van der Waals surface area contributed by atoms with Gasteiger partial charge in [-0.2, -0.15) is 0 Å². The van der Waals surface area contributed by atoms with Gasteiger partial charge in [0.1, 0.15) is 5.75 Å². The molecular formula is C22H21NO2S. The van der Waals surface area contributed by atoms with E-state index in [1.165, 1.54) is 11.8 Å². The molecule has 3 aromatic rings. The molecule has 1 amide bonds. The van der Waals surface area contributed by atoms with Crippen LogP contribution in [0.2, 0.25) is 0 Å². The van der Waals surface area contributed by atoms with E-state index in [2.05, 4.69) is 5.32 Å². The molecule has 0 heterocycles. The lowest BCUT2D eigenvalue weighted by Gasteiger charge is -2.15. The molecule has 3 rings (SSSR count). The average Bonchev–Trinajstić information content (AvgIpc) is 2.69. The lowest BCUT2D eigenvalue weighted by atomic mass is 10.0. The minimum absolute atomic E-state index is 0.0267. The number of carbonyl (C=O) groups excluding carboxylic acids is 1. The summed E-state index contributed by atoms with van der Waals surface area (Å²) in [5, 5.41) is 2.84. The summed E-state index contributed by atoms with van der Waals surface area (Å²) in [5.41, 5.74) is 2.92. The van der Waals surface area contributed by atoms with Crippen LogP contribution in [0.5, 0.6) is 5.75 Å². The Hall–Kier alpha value is -2.72. The van der Waals surface area contributed by atoms with Gasteiger partial charge in [-0.05, 0) is 36.8 Å². The van der Waals surface area contributed by atoms with Crippen LogP contribution in [-0.2, 0) is 4.79 Å². The highest BCUT2D eigenvalue weighted by Gasteiger charge is 2.16.